The summed E-state index contributed by atoms with van der Waals surface area (Å²) in [6.07, 6.45) is 0.321. The number of nitriles is 1. The minimum atomic E-state index is -1.17. The van der Waals surface area contributed by atoms with Gasteiger partial charge in [-0.25, -0.2) is 14.2 Å². The molecule has 9 heteroatoms. The number of amides is 1. The Morgan fingerprint density at radius 1 is 1.33 bits per heavy atom. The third-order valence-electron chi connectivity index (χ3n) is 5.72. The summed E-state index contributed by atoms with van der Waals surface area (Å²) in [7, 11) is 0. The minimum Gasteiger partial charge on any atom is -0.465 e. The van der Waals surface area contributed by atoms with Crippen LogP contribution in [0.4, 0.5) is 9.18 Å². The summed E-state index contributed by atoms with van der Waals surface area (Å²) >= 11 is 6.27. The van der Waals surface area contributed by atoms with Crippen molar-refractivity contribution in [2.75, 3.05) is 0 Å². The van der Waals surface area contributed by atoms with E-state index in [2.05, 4.69) is 4.98 Å². The van der Waals surface area contributed by atoms with Gasteiger partial charge in [0.15, 0.2) is 0 Å². The van der Waals surface area contributed by atoms with Crippen LogP contribution in [-0.2, 0) is 0 Å². The molecule has 4 rings (SSSR count). The number of aromatic nitrogens is 2. The third kappa shape index (κ3) is 4.05. The average molecular weight is 469 g/mol. The molecule has 2 aromatic carbocycles. The number of hydrogen-bond donors (Lipinski definition) is 1. The first kappa shape index (κ1) is 22.7. The lowest BCUT2D eigenvalue weighted by molar-refractivity contribution is 0.0582. The number of halogens is 2. The molecule has 1 atom stereocenters. The molecule has 0 bridgehead atoms. The van der Waals surface area contributed by atoms with Gasteiger partial charge in [-0.05, 0) is 69.9 Å². The van der Waals surface area contributed by atoms with E-state index in [4.69, 9.17) is 11.6 Å². The molecule has 1 aliphatic rings. The second kappa shape index (κ2) is 8.16. The summed E-state index contributed by atoms with van der Waals surface area (Å²) in [5.74, 6) is -0.709. The zero-order valence-corrected chi connectivity index (χ0v) is 19.1. The quantitative estimate of drug-likeness (QED) is 0.561. The van der Waals surface area contributed by atoms with Crippen molar-refractivity contribution in [3.05, 3.63) is 69.0 Å². The van der Waals surface area contributed by atoms with Crippen molar-refractivity contribution in [1.29, 1.82) is 5.26 Å². The number of nitrogens with zero attached hydrogens (tertiary/aromatic N) is 4. The van der Waals surface area contributed by atoms with Gasteiger partial charge < -0.3 is 5.11 Å². The van der Waals surface area contributed by atoms with Gasteiger partial charge in [0.2, 0.25) is 0 Å². The third-order valence-corrected chi connectivity index (χ3v) is 6.04. The molecule has 0 aliphatic heterocycles. The fraction of sp³-hybridized carbons (Fsp3) is 0.333. The van der Waals surface area contributed by atoms with E-state index in [-0.39, 0.29) is 27.7 Å². The zero-order valence-electron chi connectivity index (χ0n) is 18.3. The van der Waals surface area contributed by atoms with Crippen LogP contribution in [0.3, 0.4) is 0 Å². The van der Waals surface area contributed by atoms with Crippen molar-refractivity contribution >= 4 is 28.6 Å². The van der Waals surface area contributed by atoms with Gasteiger partial charge in [0.05, 0.1) is 33.8 Å². The smallest absolute Gasteiger partial charge is 0.408 e. The van der Waals surface area contributed by atoms with E-state index in [0.29, 0.717) is 11.3 Å². The normalized spacial score (nSPS) is 14.7. The summed E-state index contributed by atoms with van der Waals surface area (Å²) in [5, 5.41) is 19.4. The molecule has 0 radical (unpaired) electrons. The molecule has 1 saturated carbocycles. The summed E-state index contributed by atoms with van der Waals surface area (Å²) in [6.45, 7) is 5.27. The van der Waals surface area contributed by atoms with Gasteiger partial charge in [-0.1, -0.05) is 17.7 Å². The van der Waals surface area contributed by atoms with Crippen molar-refractivity contribution < 1.29 is 14.3 Å². The summed E-state index contributed by atoms with van der Waals surface area (Å²) in [5.41, 5.74) is -1.02. The Morgan fingerprint density at radius 3 is 2.61 bits per heavy atom. The molecule has 0 saturated heterocycles. The van der Waals surface area contributed by atoms with Gasteiger partial charge in [-0.15, -0.1) is 0 Å². The zero-order chi connectivity index (χ0) is 24.1. The van der Waals surface area contributed by atoms with Gasteiger partial charge in [0.25, 0.3) is 5.56 Å². The molecule has 1 heterocycles. The highest BCUT2D eigenvalue weighted by Crippen LogP contribution is 2.47. The topological polar surface area (TPSA) is 99.2 Å². The molecule has 170 valence electrons. The van der Waals surface area contributed by atoms with Crippen molar-refractivity contribution in [2.24, 2.45) is 5.92 Å². The van der Waals surface area contributed by atoms with Crippen LogP contribution in [-0.4, -0.2) is 31.2 Å². The van der Waals surface area contributed by atoms with Gasteiger partial charge in [0.1, 0.15) is 17.2 Å². The Balaban J connectivity index is 2.14. The molecule has 3 aromatic rings. The van der Waals surface area contributed by atoms with Crippen LogP contribution in [0.15, 0.2) is 41.2 Å². The van der Waals surface area contributed by atoms with Crippen LogP contribution in [0.5, 0.6) is 0 Å². The van der Waals surface area contributed by atoms with E-state index >= 15 is 0 Å². The molecule has 0 unspecified atom stereocenters. The summed E-state index contributed by atoms with van der Waals surface area (Å²) in [6, 6.07) is 10.00. The monoisotopic (exact) mass is 468 g/mol. The van der Waals surface area contributed by atoms with Crippen LogP contribution >= 0.6 is 11.6 Å². The number of benzene rings is 2. The van der Waals surface area contributed by atoms with Crippen LogP contribution in [0, 0.1) is 23.1 Å². The molecule has 33 heavy (non-hydrogen) atoms. The lowest BCUT2D eigenvalue weighted by atomic mass is 9.99. The fourth-order valence-corrected chi connectivity index (χ4v) is 4.40. The minimum absolute atomic E-state index is 0.0366. The molecule has 7 nitrogen and oxygen atoms in total. The Labute approximate surface area is 194 Å². The summed E-state index contributed by atoms with van der Waals surface area (Å²) < 4.78 is 16.1. The second-order valence-electron chi connectivity index (χ2n) is 9.13. The van der Waals surface area contributed by atoms with Gasteiger partial charge in [-0.2, -0.15) is 5.26 Å². The first-order chi connectivity index (χ1) is 15.5. The Kier molecular flexibility index (Phi) is 5.62. The van der Waals surface area contributed by atoms with Gasteiger partial charge in [-0.3, -0.25) is 14.3 Å². The first-order valence-electron chi connectivity index (χ1n) is 10.5. The SMILES string of the molecule is CC(C)(C)N(C(=O)O)[C@H](c1nc2c(F)ccc(Cl)c2c(=O)n1-c1cccc(C#N)c1)C1CC1. The van der Waals surface area contributed by atoms with E-state index in [1.165, 1.54) is 21.6 Å². The molecular formula is C24H22ClFN4O3. The molecule has 1 N–H and O–H groups in total. The summed E-state index contributed by atoms with van der Waals surface area (Å²) in [4.78, 5) is 31.9. The van der Waals surface area contributed by atoms with Crippen LogP contribution in [0.25, 0.3) is 16.6 Å². The number of carboxylic acid groups (broad SMARTS) is 1. The Morgan fingerprint density at radius 2 is 2.03 bits per heavy atom. The average Bonchev–Trinajstić information content (AvgIpc) is 3.58. The molecule has 1 fully saturated rings. The molecule has 1 aromatic heterocycles. The van der Waals surface area contributed by atoms with E-state index < -0.39 is 29.1 Å². The predicted octanol–water partition coefficient (Wildman–Crippen LogP) is 5.28. The second-order valence-corrected chi connectivity index (χ2v) is 9.54. The van der Waals surface area contributed by atoms with Gasteiger partial charge >= 0.3 is 6.09 Å². The number of rotatable bonds is 4. The molecule has 1 amide bonds. The highest BCUT2D eigenvalue weighted by atomic mass is 35.5. The Bertz CT molecular complexity index is 1370. The van der Waals surface area contributed by atoms with E-state index in [9.17, 15) is 24.3 Å². The number of fused-ring (bicyclic) bond motifs is 1. The van der Waals surface area contributed by atoms with Crippen molar-refractivity contribution in [3.63, 3.8) is 0 Å². The standard InChI is InChI=1S/C24H22ClFN4O3/c1-24(2,3)30(23(32)33)20(14-7-8-14)21-28-19-17(26)10-9-16(25)18(19)22(31)29(21)15-6-4-5-13(11-15)12-27/h4-6,9-11,14,20H,7-8H2,1-3H3,(H,32,33)/t20-/m0/s1. The Hall–Kier alpha value is -3.44. The van der Waals surface area contributed by atoms with Crippen molar-refractivity contribution in [2.45, 2.75) is 45.2 Å². The van der Waals surface area contributed by atoms with Crippen molar-refractivity contribution in [1.82, 2.24) is 14.5 Å². The van der Waals surface area contributed by atoms with Crippen LogP contribution in [0.2, 0.25) is 5.02 Å². The number of hydrogen-bond acceptors (Lipinski definition) is 4. The van der Waals surface area contributed by atoms with Gasteiger partial charge in [0, 0.05) is 5.54 Å². The highest BCUT2D eigenvalue weighted by molar-refractivity contribution is 6.35. The van der Waals surface area contributed by atoms with Crippen LogP contribution in [0.1, 0.15) is 51.0 Å². The molecular weight excluding hydrogens is 447 g/mol. The molecule has 0 spiro atoms. The lowest BCUT2D eigenvalue weighted by Crippen LogP contribution is -2.49. The van der Waals surface area contributed by atoms with E-state index in [1.54, 1.807) is 39.0 Å². The van der Waals surface area contributed by atoms with E-state index in [1.807, 2.05) is 6.07 Å². The highest BCUT2D eigenvalue weighted by Gasteiger charge is 2.45. The van der Waals surface area contributed by atoms with Crippen LogP contribution < -0.4 is 5.56 Å². The van der Waals surface area contributed by atoms with Crippen molar-refractivity contribution in [3.8, 4) is 11.8 Å². The maximum absolute atomic E-state index is 14.8. The lowest BCUT2D eigenvalue weighted by Gasteiger charge is -2.40. The first-order valence-corrected chi connectivity index (χ1v) is 10.9. The molecule has 1 aliphatic carbocycles. The largest absolute Gasteiger partial charge is 0.465 e. The predicted molar refractivity (Wildman–Crippen MR) is 122 cm³/mol. The maximum atomic E-state index is 14.8. The maximum Gasteiger partial charge on any atom is 0.408 e. The van der Waals surface area contributed by atoms with E-state index in [0.717, 1.165) is 18.9 Å². The number of carbonyl (C=O) groups is 1. The fourth-order valence-electron chi connectivity index (χ4n) is 4.17.